The molecule has 0 fully saturated rings. The second kappa shape index (κ2) is 7.09. The molecule has 1 unspecified atom stereocenters. The fourth-order valence-electron chi connectivity index (χ4n) is 2.17. The van der Waals surface area contributed by atoms with Gasteiger partial charge in [-0.1, -0.05) is 25.1 Å². The van der Waals surface area contributed by atoms with Crippen molar-refractivity contribution in [2.75, 3.05) is 7.11 Å². The van der Waals surface area contributed by atoms with Crippen LogP contribution in [0.15, 0.2) is 36.4 Å². The van der Waals surface area contributed by atoms with E-state index in [1.807, 2.05) is 37.3 Å². The average Bonchev–Trinajstić information content (AvgIpc) is 2.52. The first-order valence-corrected chi connectivity index (χ1v) is 7.21. The summed E-state index contributed by atoms with van der Waals surface area (Å²) >= 11 is 0. The van der Waals surface area contributed by atoms with Gasteiger partial charge in [0.15, 0.2) is 0 Å². The van der Waals surface area contributed by atoms with Crippen molar-refractivity contribution in [2.24, 2.45) is 5.73 Å². The lowest BCUT2D eigenvalue weighted by Crippen LogP contribution is -2.30. The third kappa shape index (κ3) is 4.20. The van der Waals surface area contributed by atoms with Crippen LogP contribution in [0.5, 0.6) is 5.75 Å². The normalized spacial score (nSPS) is 12.1. The number of hydrogen-bond donors (Lipinski definition) is 2. The third-order valence-electron chi connectivity index (χ3n) is 3.57. The number of benzene rings is 2. The van der Waals surface area contributed by atoms with Crippen LogP contribution in [0.3, 0.4) is 0 Å². The molecule has 0 bridgehead atoms. The van der Waals surface area contributed by atoms with Gasteiger partial charge in [0.05, 0.1) is 7.11 Å². The van der Waals surface area contributed by atoms with E-state index in [4.69, 9.17) is 10.5 Å². The summed E-state index contributed by atoms with van der Waals surface area (Å²) in [6.45, 7) is 2.51. The molecular formula is C17H22N2O2. The quantitative estimate of drug-likeness (QED) is 0.858. The van der Waals surface area contributed by atoms with Crippen molar-refractivity contribution in [2.45, 2.75) is 32.4 Å². The lowest BCUT2D eigenvalue weighted by Gasteiger charge is -2.10. The van der Waals surface area contributed by atoms with Gasteiger partial charge in [-0.2, -0.15) is 0 Å². The molecule has 0 aliphatic rings. The topological polar surface area (TPSA) is 64.4 Å². The van der Waals surface area contributed by atoms with Crippen LogP contribution >= 0.6 is 0 Å². The molecule has 0 saturated heterocycles. The van der Waals surface area contributed by atoms with Gasteiger partial charge in [-0.25, -0.2) is 0 Å². The Morgan fingerprint density at radius 1 is 1.24 bits per heavy atom. The number of nitrogens with one attached hydrogen (secondary N) is 1. The van der Waals surface area contributed by atoms with Crippen molar-refractivity contribution in [3.05, 3.63) is 42.0 Å². The molecule has 2 aromatic rings. The van der Waals surface area contributed by atoms with Crippen LogP contribution in [0.4, 0.5) is 0 Å². The molecule has 0 aliphatic heterocycles. The number of carbonyl (C=O) groups is 1. The molecule has 4 nitrogen and oxygen atoms in total. The van der Waals surface area contributed by atoms with Crippen LogP contribution in [0.1, 0.15) is 25.3 Å². The summed E-state index contributed by atoms with van der Waals surface area (Å²) in [5.41, 5.74) is 6.85. The molecule has 1 amide bonds. The molecule has 112 valence electrons. The number of rotatable bonds is 6. The maximum atomic E-state index is 11.7. The van der Waals surface area contributed by atoms with Gasteiger partial charge in [-0.05, 0) is 41.0 Å². The highest BCUT2D eigenvalue weighted by atomic mass is 16.5. The Labute approximate surface area is 125 Å². The monoisotopic (exact) mass is 286 g/mol. The van der Waals surface area contributed by atoms with E-state index in [0.29, 0.717) is 13.0 Å². The summed E-state index contributed by atoms with van der Waals surface area (Å²) in [6.07, 6.45) is 1.19. The molecule has 2 aromatic carbocycles. The second-order valence-corrected chi connectivity index (χ2v) is 5.20. The van der Waals surface area contributed by atoms with E-state index >= 15 is 0 Å². The van der Waals surface area contributed by atoms with Gasteiger partial charge >= 0.3 is 0 Å². The number of hydrogen-bond acceptors (Lipinski definition) is 3. The Balaban J connectivity index is 2.01. The van der Waals surface area contributed by atoms with Crippen molar-refractivity contribution < 1.29 is 9.53 Å². The lowest BCUT2D eigenvalue weighted by atomic mass is 10.1. The minimum absolute atomic E-state index is 0.000761. The molecule has 4 heteroatoms. The Kier molecular flexibility index (Phi) is 5.17. The van der Waals surface area contributed by atoms with Crippen LogP contribution in [-0.2, 0) is 11.3 Å². The smallest absolute Gasteiger partial charge is 0.221 e. The molecule has 0 spiro atoms. The van der Waals surface area contributed by atoms with Crippen molar-refractivity contribution in [3.8, 4) is 5.75 Å². The number of ether oxygens (including phenoxy) is 1. The number of carbonyl (C=O) groups excluding carboxylic acids is 1. The first-order chi connectivity index (χ1) is 10.1. The molecule has 0 aromatic heterocycles. The van der Waals surface area contributed by atoms with Gasteiger partial charge in [-0.15, -0.1) is 0 Å². The summed E-state index contributed by atoms with van der Waals surface area (Å²) in [4.78, 5) is 11.7. The number of fused-ring (bicyclic) bond motifs is 1. The van der Waals surface area contributed by atoms with Crippen molar-refractivity contribution in [3.63, 3.8) is 0 Å². The Morgan fingerprint density at radius 2 is 1.95 bits per heavy atom. The van der Waals surface area contributed by atoms with E-state index in [1.54, 1.807) is 7.11 Å². The van der Waals surface area contributed by atoms with Crippen LogP contribution < -0.4 is 15.8 Å². The Hall–Kier alpha value is -2.07. The van der Waals surface area contributed by atoms with Crippen molar-refractivity contribution in [1.82, 2.24) is 5.32 Å². The molecular weight excluding hydrogens is 264 g/mol. The van der Waals surface area contributed by atoms with Crippen LogP contribution in [0, 0.1) is 0 Å². The zero-order chi connectivity index (χ0) is 15.2. The van der Waals surface area contributed by atoms with Gasteiger partial charge < -0.3 is 15.8 Å². The molecule has 0 aliphatic carbocycles. The second-order valence-electron chi connectivity index (χ2n) is 5.20. The summed E-state index contributed by atoms with van der Waals surface area (Å²) in [5, 5.41) is 5.16. The van der Waals surface area contributed by atoms with Gasteiger partial charge in [0, 0.05) is 19.0 Å². The highest BCUT2D eigenvalue weighted by Crippen LogP contribution is 2.21. The summed E-state index contributed by atoms with van der Waals surface area (Å²) in [7, 11) is 1.66. The molecule has 0 radical (unpaired) electrons. The van der Waals surface area contributed by atoms with Crippen LogP contribution in [0.2, 0.25) is 0 Å². The number of amides is 1. The fraction of sp³-hybridized carbons (Fsp3) is 0.353. The van der Waals surface area contributed by atoms with E-state index in [1.165, 1.54) is 0 Å². The van der Waals surface area contributed by atoms with Gasteiger partial charge in [0.1, 0.15) is 5.75 Å². The highest BCUT2D eigenvalue weighted by Gasteiger charge is 2.07. The van der Waals surface area contributed by atoms with Gasteiger partial charge in [-0.3, -0.25) is 4.79 Å². The molecule has 21 heavy (non-hydrogen) atoms. The predicted molar refractivity (Wildman–Crippen MR) is 85.2 cm³/mol. The van der Waals surface area contributed by atoms with Gasteiger partial charge in [0.25, 0.3) is 0 Å². The average molecular weight is 286 g/mol. The summed E-state index contributed by atoms with van der Waals surface area (Å²) in [5.74, 6) is 0.844. The minimum Gasteiger partial charge on any atom is -0.497 e. The van der Waals surface area contributed by atoms with Gasteiger partial charge in [0.2, 0.25) is 5.91 Å². The standard InChI is InChI=1S/C17H22N2O2/c1-3-15(18)10-17(20)19-11-12-4-5-14-9-16(21-2)7-6-13(14)8-12/h4-9,15H,3,10-11,18H2,1-2H3,(H,19,20). The molecule has 0 heterocycles. The third-order valence-corrected chi connectivity index (χ3v) is 3.57. The largest absolute Gasteiger partial charge is 0.497 e. The molecule has 3 N–H and O–H groups in total. The zero-order valence-corrected chi connectivity index (χ0v) is 12.6. The van der Waals surface area contributed by atoms with Crippen molar-refractivity contribution in [1.29, 1.82) is 0 Å². The van der Waals surface area contributed by atoms with E-state index in [9.17, 15) is 4.79 Å². The van der Waals surface area contributed by atoms with Crippen LogP contribution in [-0.4, -0.2) is 19.1 Å². The lowest BCUT2D eigenvalue weighted by molar-refractivity contribution is -0.121. The Morgan fingerprint density at radius 3 is 2.67 bits per heavy atom. The van der Waals surface area contributed by atoms with E-state index in [-0.39, 0.29) is 11.9 Å². The number of nitrogens with two attached hydrogens (primary N) is 1. The Bertz CT molecular complexity index is 625. The van der Waals surface area contributed by atoms with Crippen molar-refractivity contribution >= 4 is 16.7 Å². The van der Waals surface area contributed by atoms with E-state index in [2.05, 4.69) is 11.4 Å². The molecule has 2 rings (SSSR count). The zero-order valence-electron chi connectivity index (χ0n) is 12.6. The maximum absolute atomic E-state index is 11.7. The van der Waals surface area contributed by atoms with Crippen LogP contribution in [0.25, 0.3) is 10.8 Å². The molecule has 1 atom stereocenters. The SMILES string of the molecule is CCC(N)CC(=O)NCc1ccc2cc(OC)ccc2c1. The fourth-order valence-corrected chi connectivity index (χ4v) is 2.17. The molecule has 0 saturated carbocycles. The maximum Gasteiger partial charge on any atom is 0.221 e. The minimum atomic E-state index is -0.0610. The van der Waals surface area contributed by atoms with E-state index < -0.39 is 0 Å². The van der Waals surface area contributed by atoms with E-state index in [0.717, 1.165) is 28.5 Å². The number of methoxy groups -OCH3 is 1. The first-order valence-electron chi connectivity index (χ1n) is 7.21. The first kappa shape index (κ1) is 15.3. The summed E-state index contributed by atoms with van der Waals surface area (Å²) < 4.78 is 5.21. The summed E-state index contributed by atoms with van der Waals surface area (Å²) in [6, 6.07) is 12.0. The predicted octanol–water partition coefficient (Wildman–Crippen LogP) is 2.59. The highest BCUT2D eigenvalue weighted by molar-refractivity contribution is 5.84.